The van der Waals surface area contributed by atoms with Gasteiger partial charge in [-0.2, -0.15) is 0 Å². The predicted octanol–water partition coefficient (Wildman–Crippen LogP) is 2.31. The molecule has 0 aromatic rings. The van der Waals surface area contributed by atoms with Crippen LogP contribution in [0.2, 0.25) is 0 Å². The van der Waals surface area contributed by atoms with Gasteiger partial charge in [-0.15, -0.1) is 0 Å². The van der Waals surface area contributed by atoms with Crippen molar-refractivity contribution < 1.29 is 13.2 Å². The van der Waals surface area contributed by atoms with Crippen molar-refractivity contribution in [3.63, 3.8) is 0 Å². The third-order valence-electron chi connectivity index (χ3n) is 4.64. The number of ketones is 1. The summed E-state index contributed by atoms with van der Waals surface area (Å²) in [5.74, 6) is 0.742. The molecule has 0 heterocycles. The van der Waals surface area contributed by atoms with E-state index in [-0.39, 0.29) is 17.0 Å². The third kappa shape index (κ3) is 5.52. The van der Waals surface area contributed by atoms with Gasteiger partial charge in [0.25, 0.3) is 0 Å². The highest BCUT2D eigenvalue weighted by Gasteiger charge is 2.32. The van der Waals surface area contributed by atoms with Crippen LogP contribution in [-0.4, -0.2) is 32.3 Å². The van der Waals surface area contributed by atoms with E-state index in [1.807, 2.05) is 0 Å². The van der Waals surface area contributed by atoms with Crippen LogP contribution in [0.4, 0.5) is 0 Å². The van der Waals surface area contributed by atoms with Gasteiger partial charge in [-0.05, 0) is 44.6 Å². The molecule has 1 fully saturated rings. The molecule has 3 unspecified atom stereocenters. The molecule has 20 heavy (non-hydrogen) atoms. The van der Waals surface area contributed by atoms with Crippen molar-refractivity contribution in [3.8, 4) is 0 Å². The molecule has 4 nitrogen and oxygen atoms in total. The highest BCUT2D eigenvalue weighted by molar-refractivity contribution is 7.91. The Hall–Kier alpha value is -0.420. The minimum absolute atomic E-state index is 0.0427. The maximum absolute atomic E-state index is 12.3. The van der Waals surface area contributed by atoms with Crippen LogP contribution in [0.1, 0.15) is 58.3 Å². The zero-order valence-corrected chi connectivity index (χ0v) is 13.6. The number of rotatable bonds is 8. The lowest BCUT2D eigenvalue weighted by Gasteiger charge is -2.27. The van der Waals surface area contributed by atoms with Crippen molar-refractivity contribution in [3.05, 3.63) is 0 Å². The lowest BCUT2D eigenvalue weighted by molar-refractivity contribution is -0.124. The number of hydrogen-bond donors (Lipinski definition) is 1. The van der Waals surface area contributed by atoms with Gasteiger partial charge in [0.1, 0.15) is 15.6 Å². The van der Waals surface area contributed by atoms with Gasteiger partial charge in [-0.1, -0.05) is 19.8 Å². The normalized spacial score (nSPS) is 25.4. The smallest absolute Gasteiger partial charge is 0.150 e. The van der Waals surface area contributed by atoms with E-state index in [2.05, 4.69) is 6.92 Å². The maximum Gasteiger partial charge on any atom is 0.150 e. The predicted molar refractivity (Wildman–Crippen MR) is 82.3 cm³/mol. The molecule has 0 aliphatic heterocycles. The van der Waals surface area contributed by atoms with E-state index in [1.54, 1.807) is 0 Å². The molecule has 118 valence electrons. The highest BCUT2D eigenvalue weighted by atomic mass is 32.2. The Labute approximate surface area is 123 Å². The van der Waals surface area contributed by atoms with Gasteiger partial charge in [-0.25, -0.2) is 8.42 Å². The van der Waals surface area contributed by atoms with Gasteiger partial charge < -0.3 is 5.73 Å². The van der Waals surface area contributed by atoms with Gasteiger partial charge in [0.15, 0.2) is 0 Å². The van der Waals surface area contributed by atoms with E-state index in [4.69, 9.17) is 5.73 Å². The number of sulfone groups is 1. The van der Waals surface area contributed by atoms with Crippen LogP contribution in [0.5, 0.6) is 0 Å². The van der Waals surface area contributed by atoms with Crippen LogP contribution in [0.25, 0.3) is 0 Å². The van der Waals surface area contributed by atoms with Gasteiger partial charge in [0.05, 0.1) is 5.25 Å². The molecule has 0 amide bonds. The molecule has 0 radical (unpaired) electrons. The summed E-state index contributed by atoms with van der Waals surface area (Å²) in [6.07, 6.45) is 7.76. The molecule has 1 rings (SSSR count). The lowest BCUT2D eigenvalue weighted by Crippen LogP contribution is -2.31. The second-order valence-electron chi connectivity index (χ2n) is 6.17. The Bertz CT molecular complexity index is 405. The molecule has 0 saturated heterocycles. The second-order valence-corrected chi connectivity index (χ2v) is 8.50. The fraction of sp³-hybridized carbons (Fsp3) is 0.933. The summed E-state index contributed by atoms with van der Waals surface area (Å²) in [5, 5.41) is -0.309. The fourth-order valence-corrected chi connectivity index (χ4v) is 4.34. The van der Waals surface area contributed by atoms with Gasteiger partial charge in [0, 0.05) is 18.6 Å². The standard InChI is InChI=1S/C15H29NO3S/c1-3-12(9-10-16)7-8-15(17)13-5-4-6-14(11-13)20(2,18)19/h12-14H,3-11,16H2,1-2H3. The zero-order valence-electron chi connectivity index (χ0n) is 12.8. The number of carbonyl (C=O) groups excluding carboxylic acids is 1. The van der Waals surface area contributed by atoms with Crippen molar-refractivity contribution in [1.29, 1.82) is 0 Å². The van der Waals surface area contributed by atoms with Gasteiger partial charge in [0.2, 0.25) is 0 Å². The molecule has 5 heteroatoms. The highest BCUT2D eigenvalue weighted by Crippen LogP contribution is 2.30. The second kappa shape index (κ2) is 8.13. The van der Waals surface area contributed by atoms with E-state index < -0.39 is 9.84 Å². The van der Waals surface area contributed by atoms with E-state index >= 15 is 0 Å². The number of Topliss-reactive ketones (excluding diaryl/α,β-unsaturated/α-hetero) is 1. The van der Waals surface area contributed by atoms with E-state index in [0.29, 0.717) is 31.7 Å². The minimum Gasteiger partial charge on any atom is -0.330 e. The first kappa shape index (κ1) is 17.6. The van der Waals surface area contributed by atoms with Crippen LogP contribution in [-0.2, 0) is 14.6 Å². The molecule has 0 aromatic carbocycles. The molecule has 0 spiro atoms. The first-order valence-electron chi connectivity index (χ1n) is 7.80. The van der Waals surface area contributed by atoms with E-state index in [9.17, 15) is 13.2 Å². The first-order chi connectivity index (χ1) is 9.38. The minimum atomic E-state index is -3.01. The van der Waals surface area contributed by atoms with Crippen molar-refractivity contribution >= 4 is 15.6 Å². The number of hydrogen-bond acceptors (Lipinski definition) is 4. The zero-order chi connectivity index (χ0) is 15.2. The summed E-state index contributed by atoms with van der Waals surface area (Å²) in [6, 6.07) is 0. The summed E-state index contributed by atoms with van der Waals surface area (Å²) < 4.78 is 23.3. The average Bonchev–Trinajstić information content (AvgIpc) is 2.42. The van der Waals surface area contributed by atoms with Crippen LogP contribution in [0.15, 0.2) is 0 Å². The van der Waals surface area contributed by atoms with Crippen LogP contribution in [0, 0.1) is 11.8 Å². The third-order valence-corrected chi connectivity index (χ3v) is 6.28. The molecule has 0 bridgehead atoms. The fourth-order valence-electron chi connectivity index (χ4n) is 3.17. The maximum atomic E-state index is 12.3. The molecule has 1 saturated carbocycles. The molecule has 1 aliphatic carbocycles. The molecule has 0 aromatic heterocycles. The van der Waals surface area contributed by atoms with E-state index in [0.717, 1.165) is 32.1 Å². The number of carbonyl (C=O) groups is 1. The average molecular weight is 303 g/mol. The summed E-state index contributed by atoms with van der Waals surface area (Å²) in [6.45, 7) is 2.80. The topological polar surface area (TPSA) is 77.2 Å². The molecular weight excluding hydrogens is 274 g/mol. The lowest BCUT2D eigenvalue weighted by atomic mass is 9.83. The SMILES string of the molecule is CCC(CCN)CCC(=O)C1CCCC(S(C)(=O)=O)C1. The van der Waals surface area contributed by atoms with Gasteiger partial charge in [-0.3, -0.25) is 4.79 Å². The van der Waals surface area contributed by atoms with Crippen LogP contribution >= 0.6 is 0 Å². The Kier molecular flexibility index (Phi) is 7.17. The van der Waals surface area contributed by atoms with E-state index in [1.165, 1.54) is 6.26 Å². The quantitative estimate of drug-likeness (QED) is 0.746. The van der Waals surface area contributed by atoms with Crippen LogP contribution < -0.4 is 5.73 Å². The summed E-state index contributed by atoms with van der Waals surface area (Å²) in [5.41, 5.74) is 5.57. The first-order valence-corrected chi connectivity index (χ1v) is 9.75. The van der Waals surface area contributed by atoms with Crippen molar-refractivity contribution in [1.82, 2.24) is 0 Å². The van der Waals surface area contributed by atoms with Gasteiger partial charge >= 0.3 is 0 Å². The molecule has 2 N–H and O–H groups in total. The summed E-state index contributed by atoms with van der Waals surface area (Å²) >= 11 is 0. The van der Waals surface area contributed by atoms with Crippen molar-refractivity contribution in [2.75, 3.05) is 12.8 Å². The Balaban J connectivity index is 2.47. The Morgan fingerprint density at radius 3 is 2.55 bits per heavy atom. The largest absolute Gasteiger partial charge is 0.330 e. The summed E-state index contributed by atoms with van der Waals surface area (Å²) in [4.78, 5) is 12.3. The molecule has 1 aliphatic rings. The van der Waals surface area contributed by atoms with Crippen LogP contribution in [0.3, 0.4) is 0 Å². The van der Waals surface area contributed by atoms with Crippen molar-refractivity contribution in [2.45, 2.75) is 63.5 Å². The monoisotopic (exact) mass is 303 g/mol. The Morgan fingerprint density at radius 1 is 1.30 bits per heavy atom. The Morgan fingerprint density at radius 2 is 2.00 bits per heavy atom. The molecular formula is C15H29NO3S. The number of nitrogens with two attached hydrogens (primary N) is 1. The summed E-state index contributed by atoms with van der Waals surface area (Å²) in [7, 11) is -3.01. The van der Waals surface area contributed by atoms with Crippen molar-refractivity contribution in [2.24, 2.45) is 17.6 Å². The molecule has 3 atom stereocenters.